The summed E-state index contributed by atoms with van der Waals surface area (Å²) in [6.45, 7) is 1.41. The number of carboxylic acid groups (broad SMARTS) is 2. The molecule has 0 aromatic heterocycles. The molecule has 0 saturated carbocycles. The van der Waals surface area contributed by atoms with E-state index in [1.165, 1.54) is 52.1 Å². The van der Waals surface area contributed by atoms with Crippen molar-refractivity contribution in [3.05, 3.63) is 29.8 Å². The number of carbonyl (C=O) groups excluding carboxylic acids is 2. The van der Waals surface area contributed by atoms with Crippen molar-refractivity contribution in [3.8, 4) is 5.75 Å². The lowest BCUT2D eigenvalue weighted by atomic mass is 10.0. The van der Waals surface area contributed by atoms with Gasteiger partial charge in [0.2, 0.25) is 11.8 Å². The SMILES string of the molecule is COCCNC(=O)CC[C@H](NC(=O)CCCCCCCCCCCCCCCOc1ccc(C(=O)O)cc1)C(=O)O. The Morgan fingerprint density at radius 1 is 0.707 bits per heavy atom. The summed E-state index contributed by atoms with van der Waals surface area (Å²) in [5.74, 6) is -1.89. The van der Waals surface area contributed by atoms with Gasteiger partial charge in [0, 0.05) is 26.5 Å². The molecule has 0 radical (unpaired) electrons. The predicted octanol–water partition coefficient (Wildman–Crippen LogP) is 5.34. The van der Waals surface area contributed by atoms with Gasteiger partial charge in [-0.2, -0.15) is 0 Å². The van der Waals surface area contributed by atoms with Crippen molar-refractivity contribution in [2.24, 2.45) is 0 Å². The summed E-state index contributed by atoms with van der Waals surface area (Å²) in [4.78, 5) is 46.1. The zero-order chi connectivity index (χ0) is 30.1. The zero-order valence-corrected chi connectivity index (χ0v) is 24.7. The number of nitrogens with one attached hydrogen (secondary N) is 2. The second-order valence-corrected chi connectivity index (χ2v) is 10.4. The van der Waals surface area contributed by atoms with Crippen LogP contribution in [0.4, 0.5) is 0 Å². The van der Waals surface area contributed by atoms with E-state index in [1.54, 1.807) is 24.3 Å². The van der Waals surface area contributed by atoms with Crippen LogP contribution in [0.15, 0.2) is 24.3 Å². The molecule has 0 heterocycles. The standard InChI is InChI=1S/C31H50N2O8/c1-40-24-22-32-28(34)21-20-27(31(38)39)33-29(35)15-13-11-9-7-5-3-2-4-6-8-10-12-14-23-41-26-18-16-25(17-19-26)30(36)37/h16-19,27H,2-15,20-24H2,1H3,(H,32,34)(H,33,35)(H,36,37)(H,38,39)/t27-/m0/s1. The van der Waals surface area contributed by atoms with Crippen molar-refractivity contribution in [2.75, 3.05) is 26.9 Å². The van der Waals surface area contributed by atoms with E-state index in [2.05, 4.69) is 10.6 Å². The molecule has 1 aromatic carbocycles. The number of aromatic carboxylic acids is 1. The highest BCUT2D eigenvalue weighted by atomic mass is 16.5. The molecule has 1 aromatic rings. The quantitative estimate of drug-likeness (QED) is 0.108. The molecule has 10 heteroatoms. The molecule has 0 aliphatic heterocycles. The van der Waals surface area contributed by atoms with E-state index in [9.17, 15) is 24.3 Å². The molecular weight excluding hydrogens is 528 g/mol. The number of carboxylic acids is 2. The first-order valence-corrected chi connectivity index (χ1v) is 15.1. The van der Waals surface area contributed by atoms with Crippen LogP contribution in [-0.4, -0.2) is 66.9 Å². The molecule has 0 aliphatic rings. The first-order valence-electron chi connectivity index (χ1n) is 15.1. The number of aliphatic carboxylic acids is 1. The summed E-state index contributed by atoms with van der Waals surface area (Å²) in [5.41, 5.74) is 0.263. The topological polar surface area (TPSA) is 151 Å². The maximum absolute atomic E-state index is 12.1. The molecule has 0 saturated heterocycles. The minimum Gasteiger partial charge on any atom is -0.494 e. The largest absolute Gasteiger partial charge is 0.494 e. The van der Waals surface area contributed by atoms with E-state index < -0.39 is 18.0 Å². The minimum absolute atomic E-state index is 0.0338. The third-order valence-corrected chi connectivity index (χ3v) is 6.84. The average Bonchev–Trinajstić information content (AvgIpc) is 2.95. The summed E-state index contributed by atoms with van der Waals surface area (Å²) in [6, 6.07) is 5.45. The normalized spacial score (nSPS) is 11.5. The van der Waals surface area contributed by atoms with Gasteiger partial charge in [0.05, 0.1) is 18.8 Å². The monoisotopic (exact) mass is 578 g/mol. The number of ether oxygens (including phenoxy) is 2. The van der Waals surface area contributed by atoms with E-state index in [-0.39, 0.29) is 30.2 Å². The van der Waals surface area contributed by atoms with Gasteiger partial charge in [-0.1, -0.05) is 70.6 Å². The molecule has 0 spiro atoms. The lowest BCUT2D eigenvalue weighted by molar-refractivity contribution is -0.142. The summed E-state index contributed by atoms with van der Waals surface area (Å²) in [7, 11) is 1.53. The number of amides is 2. The Labute approximate surface area is 244 Å². The number of carbonyl (C=O) groups is 4. The van der Waals surface area contributed by atoms with Gasteiger partial charge in [-0.25, -0.2) is 9.59 Å². The van der Waals surface area contributed by atoms with Crippen LogP contribution < -0.4 is 15.4 Å². The predicted molar refractivity (Wildman–Crippen MR) is 157 cm³/mol. The van der Waals surface area contributed by atoms with Crippen LogP contribution in [0.2, 0.25) is 0 Å². The Kier molecular flexibility index (Phi) is 20.6. The van der Waals surface area contributed by atoms with Crippen LogP contribution in [0.25, 0.3) is 0 Å². The van der Waals surface area contributed by atoms with E-state index in [1.807, 2.05) is 0 Å². The first-order chi connectivity index (χ1) is 19.8. The molecular formula is C31H50N2O8. The molecule has 1 rings (SSSR count). The van der Waals surface area contributed by atoms with Crippen molar-refractivity contribution >= 4 is 23.8 Å². The smallest absolute Gasteiger partial charge is 0.335 e. The van der Waals surface area contributed by atoms with Gasteiger partial charge in [-0.05, 0) is 43.5 Å². The fourth-order valence-corrected chi connectivity index (χ4v) is 4.40. The lowest BCUT2D eigenvalue weighted by Gasteiger charge is -2.14. The van der Waals surface area contributed by atoms with Crippen LogP contribution in [-0.2, 0) is 19.1 Å². The van der Waals surface area contributed by atoms with Gasteiger partial charge in [0.25, 0.3) is 0 Å². The number of hydrogen-bond acceptors (Lipinski definition) is 6. The van der Waals surface area contributed by atoms with Crippen molar-refractivity contribution in [1.29, 1.82) is 0 Å². The molecule has 41 heavy (non-hydrogen) atoms. The van der Waals surface area contributed by atoms with E-state index in [0.717, 1.165) is 38.5 Å². The number of rotatable bonds is 26. The average molecular weight is 579 g/mol. The Hall–Kier alpha value is -3.14. The number of unbranched alkanes of at least 4 members (excludes halogenated alkanes) is 12. The Balaban J connectivity index is 1.91. The fourth-order valence-electron chi connectivity index (χ4n) is 4.40. The van der Waals surface area contributed by atoms with Gasteiger partial charge in [-0.15, -0.1) is 0 Å². The summed E-state index contributed by atoms with van der Waals surface area (Å²) in [5, 5.41) is 23.4. The van der Waals surface area contributed by atoms with Crippen LogP contribution >= 0.6 is 0 Å². The highest BCUT2D eigenvalue weighted by Crippen LogP contribution is 2.15. The zero-order valence-electron chi connectivity index (χ0n) is 24.7. The number of benzene rings is 1. The van der Waals surface area contributed by atoms with Crippen molar-refractivity contribution < 1.29 is 38.9 Å². The van der Waals surface area contributed by atoms with Gasteiger partial charge < -0.3 is 30.3 Å². The third kappa shape index (κ3) is 19.6. The summed E-state index contributed by atoms with van der Waals surface area (Å²) < 4.78 is 10.5. The summed E-state index contributed by atoms with van der Waals surface area (Å²) in [6.07, 6.45) is 15.1. The molecule has 0 unspecified atom stereocenters. The molecule has 0 fully saturated rings. The molecule has 2 amide bonds. The van der Waals surface area contributed by atoms with Crippen molar-refractivity contribution in [1.82, 2.24) is 10.6 Å². The highest BCUT2D eigenvalue weighted by Gasteiger charge is 2.20. The lowest BCUT2D eigenvalue weighted by Crippen LogP contribution is -2.41. The van der Waals surface area contributed by atoms with Crippen LogP contribution in [0.1, 0.15) is 113 Å². The minimum atomic E-state index is -1.13. The van der Waals surface area contributed by atoms with Gasteiger partial charge in [0.1, 0.15) is 11.8 Å². The van der Waals surface area contributed by atoms with E-state index in [0.29, 0.717) is 31.9 Å². The van der Waals surface area contributed by atoms with Crippen LogP contribution in [0.5, 0.6) is 5.75 Å². The highest BCUT2D eigenvalue weighted by molar-refractivity contribution is 5.87. The second-order valence-electron chi connectivity index (χ2n) is 10.4. The van der Waals surface area contributed by atoms with Crippen LogP contribution in [0, 0.1) is 0 Å². The van der Waals surface area contributed by atoms with Gasteiger partial charge in [0.15, 0.2) is 0 Å². The molecule has 1 atom stereocenters. The fraction of sp³-hybridized carbons (Fsp3) is 0.677. The number of hydrogen-bond donors (Lipinski definition) is 4. The Morgan fingerprint density at radius 3 is 1.76 bits per heavy atom. The van der Waals surface area contributed by atoms with Crippen LogP contribution in [0.3, 0.4) is 0 Å². The maximum Gasteiger partial charge on any atom is 0.335 e. The maximum atomic E-state index is 12.1. The Morgan fingerprint density at radius 2 is 1.24 bits per heavy atom. The third-order valence-electron chi connectivity index (χ3n) is 6.84. The van der Waals surface area contributed by atoms with Crippen molar-refractivity contribution in [2.45, 2.75) is 109 Å². The van der Waals surface area contributed by atoms with Crippen molar-refractivity contribution in [3.63, 3.8) is 0 Å². The van der Waals surface area contributed by atoms with E-state index in [4.69, 9.17) is 14.6 Å². The molecule has 232 valence electrons. The Bertz CT molecular complexity index is 875. The van der Waals surface area contributed by atoms with Gasteiger partial charge >= 0.3 is 11.9 Å². The molecule has 10 nitrogen and oxygen atoms in total. The number of methoxy groups -OCH3 is 1. The summed E-state index contributed by atoms with van der Waals surface area (Å²) >= 11 is 0. The first kappa shape index (κ1) is 35.9. The molecule has 0 bridgehead atoms. The van der Waals surface area contributed by atoms with Gasteiger partial charge in [-0.3, -0.25) is 9.59 Å². The second kappa shape index (κ2) is 23.6. The molecule has 4 N–H and O–H groups in total. The van der Waals surface area contributed by atoms with E-state index >= 15 is 0 Å². The molecule has 0 aliphatic carbocycles.